The molecule has 1 heterocycles. The summed E-state index contributed by atoms with van der Waals surface area (Å²) in [5.41, 5.74) is 1.58. The fourth-order valence-corrected chi connectivity index (χ4v) is 2.36. The molecule has 1 aliphatic heterocycles. The number of nitrogens with zero attached hydrogens (tertiary/aromatic N) is 2. The van der Waals surface area contributed by atoms with Crippen LogP contribution < -0.4 is 5.01 Å². The molecule has 0 N–H and O–H groups in total. The van der Waals surface area contributed by atoms with Gasteiger partial charge in [-0.3, -0.25) is 5.01 Å². The van der Waals surface area contributed by atoms with Gasteiger partial charge in [0.05, 0.1) is 10.6 Å². The smallest absolute Gasteiger partial charge is 0.220 e. The van der Waals surface area contributed by atoms with Gasteiger partial charge in [-0.1, -0.05) is 12.1 Å². The minimum Gasteiger partial charge on any atom is -0.267 e. The monoisotopic (exact) mass is 196 g/mol. The molecule has 0 amide bonds. The molecule has 0 radical (unpaired) electrons. The Morgan fingerprint density at radius 3 is 2.69 bits per heavy atom. The third kappa shape index (κ3) is 1.21. The number of hydrogen-bond acceptors (Lipinski definition) is 4. The van der Waals surface area contributed by atoms with Crippen LogP contribution in [0.25, 0.3) is 0 Å². The van der Waals surface area contributed by atoms with Crippen molar-refractivity contribution in [2.24, 2.45) is 5.10 Å². The Morgan fingerprint density at radius 2 is 2.00 bits per heavy atom. The molecule has 0 unspecified atom stereocenters. The van der Waals surface area contributed by atoms with Gasteiger partial charge in [-0.2, -0.15) is 5.10 Å². The van der Waals surface area contributed by atoms with Gasteiger partial charge in [0, 0.05) is 7.05 Å². The number of benzene rings is 1. The zero-order valence-corrected chi connectivity index (χ0v) is 7.82. The molecule has 0 saturated heterocycles. The van der Waals surface area contributed by atoms with E-state index < -0.39 is 9.84 Å². The number of fused-ring (bicyclic) bond motifs is 1. The predicted molar refractivity (Wildman–Crippen MR) is 50.5 cm³/mol. The van der Waals surface area contributed by atoms with Gasteiger partial charge in [-0.15, -0.1) is 0 Å². The minimum atomic E-state index is -3.31. The van der Waals surface area contributed by atoms with Crippen LogP contribution in [0, 0.1) is 0 Å². The van der Waals surface area contributed by atoms with Gasteiger partial charge in [0.15, 0.2) is 0 Å². The van der Waals surface area contributed by atoms with Crippen molar-refractivity contribution in [3.8, 4) is 0 Å². The number of hydrazone groups is 1. The quantitative estimate of drug-likeness (QED) is 0.618. The number of rotatable bonds is 0. The summed E-state index contributed by atoms with van der Waals surface area (Å²) in [5.74, 6) is 0. The number of para-hydroxylation sites is 1. The third-order valence-electron chi connectivity index (χ3n) is 1.88. The van der Waals surface area contributed by atoms with E-state index in [0.717, 1.165) is 5.55 Å². The van der Waals surface area contributed by atoms with Gasteiger partial charge in [0.1, 0.15) is 5.55 Å². The largest absolute Gasteiger partial charge is 0.267 e. The van der Waals surface area contributed by atoms with Gasteiger partial charge in [-0.05, 0) is 12.1 Å². The van der Waals surface area contributed by atoms with E-state index >= 15 is 0 Å². The van der Waals surface area contributed by atoms with Crippen LogP contribution in [0.1, 0.15) is 0 Å². The highest BCUT2D eigenvalue weighted by atomic mass is 32.2. The summed E-state index contributed by atoms with van der Waals surface area (Å²) in [5, 5.41) is 5.28. The Labute approximate surface area is 76.4 Å². The summed E-state index contributed by atoms with van der Waals surface area (Å²) < 4.78 is 22.9. The Bertz CT molecular complexity index is 465. The number of anilines is 1. The molecule has 0 spiro atoms. The van der Waals surface area contributed by atoms with Crippen molar-refractivity contribution in [3.63, 3.8) is 0 Å². The molecule has 1 aliphatic rings. The fourth-order valence-electron chi connectivity index (χ4n) is 1.22. The Balaban J connectivity index is 2.76. The van der Waals surface area contributed by atoms with E-state index in [-0.39, 0.29) is 0 Å². The topological polar surface area (TPSA) is 49.7 Å². The molecule has 2 rings (SSSR count). The van der Waals surface area contributed by atoms with Crippen molar-refractivity contribution >= 4 is 21.1 Å². The number of sulfone groups is 1. The van der Waals surface area contributed by atoms with Crippen LogP contribution in [0.15, 0.2) is 34.3 Å². The second kappa shape index (κ2) is 2.56. The van der Waals surface area contributed by atoms with Crippen molar-refractivity contribution in [1.82, 2.24) is 0 Å². The first-order chi connectivity index (χ1) is 6.11. The Morgan fingerprint density at radius 1 is 1.31 bits per heavy atom. The lowest BCUT2D eigenvalue weighted by Gasteiger charge is -2.19. The van der Waals surface area contributed by atoms with Crippen molar-refractivity contribution < 1.29 is 8.42 Å². The maximum absolute atomic E-state index is 11.4. The first-order valence-corrected chi connectivity index (χ1v) is 5.28. The second-order valence-corrected chi connectivity index (χ2v) is 4.50. The Kier molecular flexibility index (Phi) is 1.63. The minimum absolute atomic E-state index is 0.313. The molecule has 1 aromatic rings. The SMILES string of the molecule is CN1N=CS(=O)(=O)c2ccccc21. The van der Waals surface area contributed by atoms with Crippen LogP contribution in [0.5, 0.6) is 0 Å². The maximum Gasteiger partial charge on any atom is 0.220 e. The molecule has 0 bridgehead atoms. The van der Waals surface area contributed by atoms with Gasteiger partial charge >= 0.3 is 0 Å². The summed E-state index contributed by atoms with van der Waals surface area (Å²) >= 11 is 0. The van der Waals surface area contributed by atoms with E-state index in [0.29, 0.717) is 10.6 Å². The standard InChI is InChI=1S/C8H8N2O2S/c1-10-7-4-2-3-5-8(7)13(11,12)6-9-10/h2-6H,1H3. The lowest BCUT2D eigenvalue weighted by molar-refractivity contribution is 0.606. The average Bonchev–Trinajstić information content (AvgIpc) is 2.13. The molecule has 1 aromatic carbocycles. The molecule has 68 valence electrons. The summed E-state index contributed by atoms with van der Waals surface area (Å²) in [6, 6.07) is 6.78. The van der Waals surface area contributed by atoms with Crippen LogP contribution in [0.2, 0.25) is 0 Å². The van der Waals surface area contributed by atoms with Crippen LogP contribution in [0.4, 0.5) is 5.69 Å². The van der Waals surface area contributed by atoms with E-state index in [1.165, 1.54) is 5.01 Å². The average molecular weight is 196 g/mol. The van der Waals surface area contributed by atoms with E-state index in [1.807, 2.05) is 0 Å². The first kappa shape index (κ1) is 8.25. The highest BCUT2D eigenvalue weighted by Gasteiger charge is 2.22. The van der Waals surface area contributed by atoms with Gasteiger partial charge < -0.3 is 0 Å². The molecular formula is C8H8N2O2S. The molecule has 0 aliphatic carbocycles. The highest BCUT2D eigenvalue weighted by Crippen LogP contribution is 2.27. The molecule has 0 aromatic heterocycles. The van der Waals surface area contributed by atoms with Crippen molar-refractivity contribution in [3.05, 3.63) is 24.3 Å². The molecule has 13 heavy (non-hydrogen) atoms. The highest BCUT2D eigenvalue weighted by molar-refractivity contribution is 8.04. The lowest BCUT2D eigenvalue weighted by atomic mass is 10.3. The van der Waals surface area contributed by atoms with E-state index in [4.69, 9.17) is 0 Å². The van der Waals surface area contributed by atoms with Crippen LogP contribution in [-0.2, 0) is 9.84 Å². The van der Waals surface area contributed by atoms with Crippen LogP contribution in [0.3, 0.4) is 0 Å². The molecule has 0 fully saturated rings. The molecule has 4 nitrogen and oxygen atoms in total. The van der Waals surface area contributed by atoms with Crippen LogP contribution >= 0.6 is 0 Å². The normalized spacial score (nSPS) is 18.4. The van der Waals surface area contributed by atoms with E-state index in [2.05, 4.69) is 5.10 Å². The van der Waals surface area contributed by atoms with E-state index in [1.54, 1.807) is 31.3 Å². The predicted octanol–water partition coefficient (Wildman–Crippen LogP) is 0.853. The summed E-state index contributed by atoms with van der Waals surface area (Å²) in [7, 11) is -1.60. The lowest BCUT2D eigenvalue weighted by Crippen LogP contribution is -2.20. The Hall–Kier alpha value is -1.36. The molecule has 5 heteroatoms. The maximum atomic E-state index is 11.4. The zero-order valence-electron chi connectivity index (χ0n) is 7.01. The van der Waals surface area contributed by atoms with E-state index in [9.17, 15) is 8.42 Å². The van der Waals surface area contributed by atoms with Crippen molar-refractivity contribution in [2.75, 3.05) is 12.1 Å². The summed E-state index contributed by atoms with van der Waals surface area (Å²) in [6.45, 7) is 0. The van der Waals surface area contributed by atoms with Gasteiger partial charge in [0.2, 0.25) is 9.84 Å². The molecule has 0 saturated carbocycles. The summed E-state index contributed by atoms with van der Waals surface area (Å²) in [4.78, 5) is 0.313. The van der Waals surface area contributed by atoms with Crippen molar-refractivity contribution in [2.45, 2.75) is 4.90 Å². The van der Waals surface area contributed by atoms with Gasteiger partial charge in [0.25, 0.3) is 0 Å². The molecule has 0 atom stereocenters. The fraction of sp³-hybridized carbons (Fsp3) is 0.125. The molecular weight excluding hydrogens is 188 g/mol. The summed E-state index contributed by atoms with van der Waals surface area (Å²) in [6.07, 6.45) is 0. The third-order valence-corrected chi connectivity index (χ3v) is 3.21. The zero-order chi connectivity index (χ0) is 9.47. The number of hydrogen-bond donors (Lipinski definition) is 0. The van der Waals surface area contributed by atoms with Crippen molar-refractivity contribution in [1.29, 1.82) is 0 Å². The van der Waals surface area contributed by atoms with Crippen LogP contribution in [-0.4, -0.2) is 21.0 Å². The first-order valence-electron chi connectivity index (χ1n) is 3.73. The van der Waals surface area contributed by atoms with Gasteiger partial charge in [-0.25, -0.2) is 8.42 Å². The second-order valence-electron chi connectivity index (χ2n) is 2.76.